The van der Waals surface area contributed by atoms with Gasteiger partial charge in [0.2, 0.25) is 0 Å². The Morgan fingerprint density at radius 3 is 2.50 bits per heavy atom. The van der Waals surface area contributed by atoms with Crippen molar-refractivity contribution in [3.05, 3.63) is 45.7 Å². The second kappa shape index (κ2) is 7.22. The van der Waals surface area contributed by atoms with Gasteiger partial charge in [-0.25, -0.2) is 4.79 Å². The summed E-state index contributed by atoms with van der Waals surface area (Å²) in [7, 11) is 0. The summed E-state index contributed by atoms with van der Waals surface area (Å²) in [6.07, 6.45) is 0. The van der Waals surface area contributed by atoms with Crippen LogP contribution in [-0.2, 0) is 11.3 Å². The van der Waals surface area contributed by atoms with Gasteiger partial charge in [0.05, 0.1) is 6.61 Å². The molecule has 118 valence electrons. The van der Waals surface area contributed by atoms with Crippen molar-refractivity contribution >= 4 is 16.9 Å². The number of benzene rings is 1. The van der Waals surface area contributed by atoms with Crippen molar-refractivity contribution in [2.75, 3.05) is 19.7 Å². The zero-order chi connectivity index (χ0) is 16.1. The maximum atomic E-state index is 12.8. The predicted molar refractivity (Wildman–Crippen MR) is 87.2 cm³/mol. The molecular weight excluding hydrogens is 280 g/mol. The number of pyridine rings is 1. The van der Waals surface area contributed by atoms with Crippen molar-refractivity contribution in [1.29, 1.82) is 0 Å². The van der Waals surface area contributed by atoms with E-state index in [4.69, 9.17) is 4.74 Å². The fraction of sp³-hybridized carbons (Fsp3) is 0.412. The van der Waals surface area contributed by atoms with Crippen LogP contribution in [0, 0.1) is 0 Å². The zero-order valence-corrected chi connectivity index (χ0v) is 13.3. The highest BCUT2D eigenvalue weighted by molar-refractivity contribution is 5.92. The number of carbonyl (C=O) groups is 1. The van der Waals surface area contributed by atoms with Crippen LogP contribution in [0.25, 0.3) is 10.9 Å². The molecule has 0 atom stereocenters. The smallest absolute Gasteiger partial charge is 0.355 e. The van der Waals surface area contributed by atoms with Crippen LogP contribution in [0.15, 0.2) is 29.1 Å². The van der Waals surface area contributed by atoms with Crippen molar-refractivity contribution in [2.45, 2.75) is 27.3 Å². The number of hydrogen-bond acceptors (Lipinski definition) is 4. The maximum absolute atomic E-state index is 12.8. The molecule has 0 fully saturated rings. The van der Waals surface area contributed by atoms with Gasteiger partial charge in [-0.1, -0.05) is 26.0 Å². The topological polar surface area (TPSA) is 62.4 Å². The van der Waals surface area contributed by atoms with Gasteiger partial charge in [-0.05, 0) is 32.1 Å². The molecule has 0 saturated carbocycles. The van der Waals surface area contributed by atoms with Crippen molar-refractivity contribution in [3.63, 3.8) is 0 Å². The summed E-state index contributed by atoms with van der Waals surface area (Å²) in [5.74, 6) is -0.479. The Bertz CT molecular complexity index is 717. The molecule has 0 unspecified atom stereocenters. The van der Waals surface area contributed by atoms with Gasteiger partial charge in [0.15, 0.2) is 5.43 Å². The fourth-order valence-electron chi connectivity index (χ4n) is 2.48. The molecule has 1 aromatic heterocycles. The molecule has 0 aliphatic heterocycles. The second-order valence-electron chi connectivity index (χ2n) is 5.04. The number of para-hydroxylation sites is 1. The van der Waals surface area contributed by atoms with Gasteiger partial charge in [0, 0.05) is 23.0 Å². The van der Waals surface area contributed by atoms with E-state index in [1.54, 1.807) is 19.1 Å². The fourth-order valence-corrected chi connectivity index (χ4v) is 2.48. The van der Waals surface area contributed by atoms with E-state index in [1.807, 2.05) is 26.0 Å². The molecule has 22 heavy (non-hydrogen) atoms. The minimum atomic E-state index is -0.479. The monoisotopic (exact) mass is 302 g/mol. The lowest BCUT2D eigenvalue weighted by Crippen LogP contribution is -2.29. The lowest BCUT2D eigenvalue weighted by atomic mass is 10.1. The largest absolute Gasteiger partial charge is 0.461 e. The van der Waals surface area contributed by atoms with Gasteiger partial charge < -0.3 is 9.72 Å². The van der Waals surface area contributed by atoms with E-state index in [1.165, 1.54) is 0 Å². The molecule has 5 heteroatoms. The highest BCUT2D eigenvalue weighted by atomic mass is 16.5. The molecule has 5 nitrogen and oxygen atoms in total. The van der Waals surface area contributed by atoms with Gasteiger partial charge in [-0.15, -0.1) is 0 Å². The van der Waals surface area contributed by atoms with E-state index in [9.17, 15) is 9.59 Å². The van der Waals surface area contributed by atoms with E-state index in [2.05, 4.69) is 9.88 Å². The Kier molecular flexibility index (Phi) is 5.33. The van der Waals surface area contributed by atoms with Crippen LogP contribution in [0.5, 0.6) is 0 Å². The Morgan fingerprint density at radius 2 is 1.86 bits per heavy atom. The summed E-state index contributed by atoms with van der Waals surface area (Å²) < 4.78 is 5.09. The number of aromatic amines is 1. The third kappa shape index (κ3) is 3.20. The van der Waals surface area contributed by atoms with Gasteiger partial charge in [0.1, 0.15) is 5.69 Å². The molecule has 0 spiro atoms. The van der Waals surface area contributed by atoms with Crippen LogP contribution >= 0.6 is 0 Å². The minimum absolute atomic E-state index is 0.107. The summed E-state index contributed by atoms with van der Waals surface area (Å²) in [5, 5.41) is 0.595. The van der Waals surface area contributed by atoms with Crippen molar-refractivity contribution < 1.29 is 9.53 Å². The molecule has 0 aliphatic rings. The van der Waals surface area contributed by atoms with Crippen LogP contribution in [-0.4, -0.2) is 35.5 Å². The summed E-state index contributed by atoms with van der Waals surface area (Å²) in [5.41, 5.74) is 1.28. The second-order valence-corrected chi connectivity index (χ2v) is 5.04. The number of nitrogens with zero attached hydrogens (tertiary/aromatic N) is 1. The first-order chi connectivity index (χ1) is 10.6. The van der Waals surface area contributed by atoms with Crippen LogP contribution < -0.4 is 5.43 Å². The standard InChI is InChI=1S/C17H22N2O3/c1-4-19(5-2)11-13-15(17(21)22-6-3)18-14-10-8-7-9-12(14)16(13)20/h7-10H,4-6,11H2,1-3H3,(H,18,20). The Hall–Kier alpha value is -2.14. The van der Waals surface area contributed by atoms with Crippen LogP contribution in [0.4, 0.5) is 0 Å². The summed E-state index contributed by atoms with van der Waals surface area (Å²) in [6.45, 7) is 8.14. The first-order valence-electron chi connectivity index (χ1n) is 7.65. The molecule has 0 radical (unpaired) electrons. The number of rotatable bonds is 6. The maximum Gasteiger partial charge on any atom is 0.355 e. The van der Waals surface area contributed by atoms with E-state index >= 15 is 0 Å². The lowest BCUT2D eigenvalue weighted by Gasteiger charge is -2.19. The van der Waals surface area contributed by atoms with Crippen LogP contribution in [0.3, 0.4) is 0 Å². The molecule has 2 rings (SSSR count). The van der Waals surface area contributed by atoms with Gasteiger partial charge >= 0.3 is 5.97 Å². The number of H-pyrrole nitrogens is 1. The summed E-state index contributed by atoms with van der Waals surface area (Å²) in [6, 6.07) is 7.22. The highest BCUT2D eigenvalue weighted by Gasteiger charge is 2.20. The molecular formula is C17H22N2O3. The Labute approximate surface area is 129 Å². The van der Waals surface area contributed by atoms with Crippen LogP contribution in [0.2, 0.25) is 0 Å². The Balaban J connectivity index is 2.63. The van der Waals surface area contributed by atoms with Crippen molar-refractivity contribution in [2.24, 2.45) is 0 Å². The molecule has 1 N–H and O–H groups in total. The predicted octanol–water partition coefficient (Wildman–Crippen LogP) is 2.55. The Morgan fingerprint density at radius 1 is 1.18 bits per heavy atom. The average Bonchev–Trinajstić information content (AvgIpc) is 2.54. The molecule has 1 aromatic carbocycles. The van der Waals surface area contributed by atoms with Crippen LogP contribution in [0.1, 0.15) is 36.8 Å². The molecule has 0 amide bonds. The number of ether oxygens (including phenoxy) is 1. The molecule has 2 aromatic rings. The van der Waals surface area contributed by atoms with Gasteiger partial charge in [-0.3, -0.25) is 9.69 Å². The number of nitrogens with one attached hydrogen (secondary N) is 1. The van der Waals surface area contributed by atoms with Crippen molar-refractivity contribution in [3.8, 4) is 0 Å². The van der Waals surface area contributed by atoms with Crippen molar-refractivity contribution in [1.82, 2.24) is 9.88 Å². The van der Waals surface area contributed by atoms with E-state index in [-0.39, 0.29) is 17.7 Å². The average molecular weight is 302 g/mol. The number of aromatic nitrogens is 1. The molecule has 0 saturated heterocycles. The SMILES string of the molecule is CCOC(=O)c1[nH]c2ccccc2c(=O)c1CN(CC)CC. The third-order valence-electron chi connectivity index (χ3n) is 3.76. The lowest BCUT2D eigenvalue weighted by molar-refractivity contribution is 0.0517. The molecule has 1 heterocycles. The number of hydrogen-bond donors (Lipinski definition) is 1. The molecule has 0 aliphatic carbocycles. The minimum Gasteiger partial charge on any atom is -0.461 e. The van der Waals surface area contributed by atoms with E-state index in [0.717, 1.165) is 13.1 Å². The van der Waals surface area contributed by atoms with Gasteiger partial charge in [-0.2, -0.15) is 0 Å². The summed E-state index contributed by atoms with van der Waals surface area (Å²) in [4.78, 5) is 30.2. The van der Waals surface area contributed by atoms with E-state index < -0.39 is 5.97 Å². The quantitative estimate of drug-likeness (QED) is 0.833. The van der Waals surface area contributed by atoms with E-state index in [0.29, 0.717) is 23.0 Å². The summed E-state index contributed by atoms with van der Waals surface area (Å²) >= 11 is 0. The number of carbonyl (C=O) groups excluding carboxylic acids is 1. The normalized spacial score (nSPS) is 11.1. The first kappa shape index (κ1) is 16.2. The third-order valence-corrected chi connectivity index (χ3v) is 3.76. The molecule has 0 bridgehead atoms. The number of esters is 1. The first-order valence-corrected chi connectivity index (χ1v) is 7.65. The zero-order valence-electron chi connectivity index (χ0n) is 13.3. The number of fused-ring (bicyclic) bond motifs is 1. The van der Waals surface area contributed by atoms with Gasteiger partial charge in [0.25, 0.3) is 0 Å². The highest BCUT2D eigenvalue weighted by Crippen LogP contribution is 2.14.